The fraction of sp³-hybridized carbons (Fsp3) is 0.333. The minimum absolute atomic E-state index is 0.139. The lowest BCUT2D eigenvalue weighted by Crippen LogP contribution is -2.61. The summed E-state index contributed by atoms with van der Waals surface area (Å²) in [5.41, 5.74) is -1.43. The molecule has 3 aromatic carbocycles. The highest BCUT2D eigenvalue weighted by Crippen LogP contribution is 2.42. The number of alkyl halides is 6. The number of benzene rings is 3. The van der Waals surface area contributed by atoms with E-state index in [0.717, 1.165) is 28.6 Å². The van der Waals surface area contributed by atoms with Crippen molar-refractivity contribution in [3.05, 3.63) is 87.9 Å². The molecule has 2 atom stereocenters. The topological polar surface area (TPSA) is 84.3 Å². The van der Waals surface area contributed by atoms with Gasteiger partial charge in [-0.3, -0.25) is 9.21 Å². The molecule has 7 nitrogen and oxygen atoms in total. The van der Waals surface area contributed by atoms with Gasteiger partial charge in [-0.05, 0) is 48.0 Å². The third-order valence-corrected chi connectivity index (χ3v) is 9.86. The predicted molar refractivity (Wildman–Crippen MR) is 158 cm³/mol. The Kier molecular flexibility index (Phi) is 9.17. The first kappa shape index (κ1) is 33.1. The molecule has 1 fully saturated rings. The summed E-state index contributed by atoms with van der Waals surface area (Å²) in [5, 5.41) is 19.1. The van der Waals surface area contributed by atoms with Gasteiger partial charge in [-0.1, -0.05) is 42.0 Å². The number of fused-ring (bicyclic) bond motifs is 3. The average molecular weight is 676 g/mol. The van der Waals surface area contributed by atoms with Crippen molar-refractivity contribution in [2.45, 2.75) is 29.4 Å². The molecule has 0 aromatic heterocycles. The molecule has 2 aliphatic rings. The summed E-state index contributed by atoms with van der Waals surface area (Å²) < 4.78 is 110. The maximum atomic E-state index is 14.0. The molecule has 2 aliphatic heterocycles. The molecule has 242 valence electrons. The highest BCUT2D eigenvalue weighted by molar-refractivity contribution is 7.92. The van der Waals surface area contributed by atoms with E-state index >= 15 is 0 Å². The van der Waals surface area contributed by atoms with Gasteiger partial charge in [-0.15, -0.1) is 0 Å². The van der Waals surface area contributed by atoms with Gasteiger partial charge in [0.15, 0.2) is 0 Å². The Labute approximate surface area is 260 Å². The second-order valence-corrected chi connectivity index (χ2v) is 13.1. The van der Waals surface area contributed by atoms with Crippen LogP contribution in [0.15, 0.2) is 65.6 Å². The first-order valence-corrected chi connectivity index (χ1v) is 15.6. The zero-order valence-corrected chi connectivity index (χ0v) is 25.0. The average Bonchev–Trinajstić information content (AvgIpc) is 2.98. The number of halogens is 7. The summed E-state index contributed by atoms with van der Waals surface area (Å²) in [6, 6.07) is 11.0. The molecular formula is C30H28ClF6N3O4S. The summed E-state index contributed by atoms with van der Waals surface area (Å²) >= 11 is 6.08. The molecule has 2 N–H and O–H groups in total. The van der Waals surface area contributed by atoms with E-state index in [9.17, 15) is 45.0 Å². The maximum Gasteiger partial charge on any atom is 0.417 e. The SMILES string of the molecule is O=S(=O)(c1cccc(C(F)(F)F)c1)N1C[C@@H]2CN(C[C@H](O)CO)CCN2c2ccc(/C=C/c3c(Cl)cccc3C(F)(F)F)cc21. The highest BCUT2D eigenvalue weighted by atomic mass is 35.5. The van der Waals surface area contributed by atoms with Crippen molar-refractivity contribution in [1.29, 1.82) is 0 Å². The van der Waals surface area contributed by atoms with Crippen LogP contribution in [0.5, 0.6) is 0 Å². The van der Waals surface area contributed by atoms with Crippen molar-refractivity contribution in [2.24, 2.45) is 0 Å². The van der Waals surface area contributed by atoms with Crippen molar-refractivity contribution in [1.82, 2.24) is 4.90 Å². The van der Waals surface area contributed by atoms with Gasteiger partial charge in [0.05, 0.1) is 52.7 Å². The van der Waals surface area contributed by atoms with E-state index in [1.54, 1.807) is 12.1 Å². The molecule has 45 heavy (non-hydrogen) atoms. The van der Waals surface area contributed by atoms with Crippen LogP contribution in [0.4, 0.5) is 37.7 Å². The van der Waals surface area contributed by atoms with Crippen LogP contribution in [0.1, 0.15) is 22.3 Å². The smallest absolute Gasteiger partial charge is 0.394 e. The molecule has 0 radical (unpaired) electrons. The van der Waals surface area contributed by atoms with E-state index in [1.165, 1.54) is 30.4 Å². The zero-order valence-electron chi connectivity index (χ0n) is 23.4. The molecule has 0 spiro atoms. The van der Waals surface area contributed by atoms with E-state index in [2.05, 4.69) is 0 Å². The molecule has 0 aliphatic carbocycles. The summed E-state index contributed by atoms with van der Waals surface area (Å²) in [4.78, 5) is 3.24. The lowest BCUT2D eigenvalue weighted by molar-refractivity contribution is -0.138. The number of piperazine rings is 1. The molecule has 1 saturated heterocycles. The number of hydrogen-bond donors (Lipinski definition) is 2. The standard InChI is InChI=1S/C30H28ClF6N3O4S/c31-26-6-2-5-25(30(35,36)37)24(26)9-7-19-8-10-27-28(13-19)40(16-21-15-38(11-12-39(21)27)17-22(42)18-41)45(43,44)23-4-1-3-20(14-23)29(32,33)34/h1-10,13-14,21-22,41-42H,11-12,15-18H2/b9-7+/t21-,22-/m0/s1. The van der Waals surface area contributed by atoms with Crippen molar-refractivity contribution in [2.75, 3.05) is 48.5 Å². The Morgan fingerprint density at radius 2 is 1.64 bits per heavy atom. The zero-order chi connectivity index (χ0) is 32.7. The molecule has 2 heterocycles. The Morgan fingerprint density at radius 3 is 2.33 bits per heavy atom. The number of aliphatic hydroxyl groups is 2. The van der Waals surface area contributed by atoms with Gasteiger partial charge in [0.1, 0.15) is 0 Å². The van der Waals surface area contributed by atoms with E-state index in [0.29, 0.717) is 37.0 Å². The fourth-order valence-electron chi connectivity index (χ4n) is 5.61. The van der Waals surface area contributed by atoms with Crippen LogP contribution in [0.25, 0.3) is 12.2 Å². The van der Waals surface area contributed by atoms with Gasteiger partial charge >= 0.3 is 12.4 Å². The summed E-state index contributed by atoms with van der Waals surface area (Å²) in [6.07, 6.45) is -7.95. The van der Waals surface area contributed by atoms with Crippen LogP contribution < -0.4 is 9.21 Å². The summed E-state index contributed by atoms with van der Waals surface area (Å²) in [7, 11) is -4.57. The van der Waals surface area contributed by atoms with Gasteiger partial charge in [0, 0.05) is 36.8 Å². The first-order valence-electron chi connectivity index (χ1n) is 13.8. The third kappa shape index (κ3) is 6.94. The minimum Gasteiger partial charge on any atom is -0.394 e. The number of aliphatic hydroxyl groups excluding tert-OH is 2. The second-order valence-electron chi connectivity index (χ2n) is 10.8. The Hall–Kier alpha value is -3.30. The van der Waals surface area contributed by atoms with Crippen LogP contribution in [-0.2, 0) is 22.4 Å². The van der Waals surface area contributed by atoms with E-state index < -0.39 is 57.2 Å². The Balaban J connectivity index is 1.58. The normalized spacial score (nSPS) is 18.6. The number of nitrogens with zero attached hydrogens (tertiary/aromatic N) is 3. The summed E-state index contributed by atoms with van der Waals surface area (Å²) in [6.45, 7) is 0.698. The number of rotatable bonds is 7. The van der Waals surface area contributed by atoms with Gasteiger partial charge in [-0.25, -0.2) is 8.42 Å². The van der Waals surface area contributed by atoms with Crippen LogP contribution in [0.2, 0.25) is 5.02 Å². The Bertz CT molecular complexity index is 1700. The van der Waals surface area contributed by atoms with Crippen LogP contribution in [-0.4, -0.2) is 75.0 Å². The lowest BCUT2D eigenvalue weighted by atomic mass is 10.0. The molecule has 0 amide bonds. The van der Waals surface area contributed by atoms with E-state index in [-0.39, 0.29) is 29.4 Å². The van der Waals surface area contributed by atoms with Gasteiger partial charge in [0.25, 0.3) is 10.0 Å². The molecule has 5 rings (SSSR count). The number of hydrogen-bond acceptors (Lipinski definition) is 6. The fourth-order valence-corrected chi connectivity index (χ4v) is 7.40. The monoisotopic (exact) mass is 675 g/mol. The van der Waals surface area contributed by atoms with E-state index in [4.69, 9.17) is 11.6 Å². The van der Waals surface area contributed by atoms with E-state index in [1.807, 2.05) is 9.80 Å². The van der Waals surface area contributed by atoms with Gasteiger partial charge in [0.2, 0.25) is 0 Å². The number of anilines is 2. The molecule has 0 bridgehead atoms. The molecule has 0 unspecified atom stereocenters. The van der Waals surface area contributed by atoms with Crippen LogP contribution >= 0.6 is 11.6 Å². The van der Waals surface area contributed by atoms with Crippen molar-refractivity contribution in [3.63, 3.8) is 0 Å². The largest absolute Gasteiger partial charge is 0.417 e. The minimum atomic E-state index is -4.79. The Morgan fingerprint density at radius 1 is 0.911 bits per heavy atom. The highest BCUT2D eigenvalue weighted by Gasteiger charge is 2.41. The number of sulfonamides is 1. The van der Waals surface area contributed by atoms with Crippen molar-refractivity contribution >= 4 is 45.2 Å². The first-order chi connectivity index (χ1) is 21.1. The molecule has 3 aromatic rings. The second kappa shape index (κ2) is 12.5. The summed E-state index contributed by atoms with van der Waals surface area (Å²) in [5.74, 6) is 0. The molecule has 0 saturated carbocycles. The van der Waals surface area contributed by atoms with Gasteiger partial charge in [-0.2, -0.15) is 26.3 Å². The predicted octanol–water partition coefficient (Wildman–Crippen LogP) is 5.60. The van der Waals surface area contributed by atoms with Crippen LogP contribution in [0.3, 0.4) is 0 Å². The van der Waals surface area contributed by atoms with Crippen LogP contribution in [0, 0.1) is 0 Å². The maximum absolute atomic E-state index is 14.0. The van der Waals surface area contributed by atoms with Crippen molar-refractivity contribution < 1.29 is 45.0 Å². The molecule has 15 heteroatoms. The lowest BCUT2D eigenvalue weighted by Gasteiger charge is -2.49. The third-order valence-electron chi connectivity index (χ3n) is 7.75. The van der Waals surface area contributed by atoms with Gasteiger partial charge < -0.3 is 15.1 Å². The quantitative estimate of drug-likeness (QED) is 0.251. The van der Waals surface area contributed by atoms with Crippen molar-refractivity contribution in [3.8, 4) is 0 Å². The molecular weight excluding hydrogens is 648 g/mol. The number of β-amino-alcohol motifs (C(OH)–C–C–N with tert-alkyl or cyclic N) is 1.